The standard InChI is InChI=1S/C14H27F3N2O/c1-3-18-13(2,11-20)8-4-5-9-19(12-6-7-12)10-14(15,16)17/h12,18,20H,3-11H2,1-2H3. The number of unbranched alkanes of at least 4 members (excludes halogenated alkanes) is 1. The van der Waals surface area contributed by atoms with Gasteiger partial charge in [0.2, 0.25) is 0 Å². The molecule has 0 aromatic carbocycles. The zero-order valence-corrected chi connectivity index (χ0v) is 12.5. The van der Waals surface area contributed by atoms with Crippen LogP contribution in [0.5, 0.6) is 0 Å². The Balaban J connectivity index is 2.27. The SMILES string of the molecule is CCNC(C)(CO)CCCCN(CC(F)(F)F)C1CC1. The topological polar surface area (TPSA) is 35.5 Å². The molecule has 1 rings (SSSR count). The van der Waals surface area contributed by atoms with Crippen molar-refractivity contribution < 1.29 is 18.3 Å². The summed E-state index contributed by atoms with van der Waals surface area (Å²) in [7, 11) is 0. The Morgan fingerprint density at radius 2 is 1.90 bits per heavy atom. The molecule has 1 unspecified atom stereocenters. The smallest absolute Gasteiger partial charge is 0.394 e. The van der Waals surface area contributed by atoms with Crippen molar-refractivity contribution in [2.75, 3.05) is 26.2 Å². The molecule has 120 valence electrons. The Morgan fingerprint density at radius 3 is 2.35 bits per heavy atom. The van der Waals surface area contributed by atoms with Crippen LogP contribution in [0.4, 0.5) is 13.2 Å². The van der Waals surface area contributed by atoms with E-state index >= 15 is 0 Å². The van der Waals surface area contributed by atoms with Gasteiger partial charge in [0.25, 0.3) is 0 Å². The first kappa shape index (κ1) is 17.7. The molecule has 20 heavy (non-hydrogen) atoms. The highest BCUT2D eigenvalue weighted by molar-refractivity contribution is 4.86. The van der Waals surface area contributed by atoms with Crippen molar-refractivity contribution in [2.45, 2.75) is 63.7 Å². The van der Waals surface area contributed by atoms with Crippen LogP contribution in [0, 0.1) is 0 Å². The molecule has 3 nitrogen and oxygen atoms in total. The van der Waals surface area contributed by atoms with Gasteiger partial charge in [0.15, 0.2) is 0 Å². The van der Waals surface area contributed by atoms with E-state index in [0.717, 1.165) is 38.6 Å². The van der Waals surface area contributed by atoms with Crippen molar-refractivity contribution >= 4 is 0 Å². The Morgan fingerprint density at radius 1 is 1.25 bits per heavy atom. The van der Waals surface area contributed by atoms with E-state index in [2.05, 4.69) is 5.32 Å². The van der Waals surface area contributed by atoms with Gasteiger partial charge >= 0.3 is 6.18 Å². The van der Waals surface area contributed by atoms with E-state index in [1.165, 1.54) is 0 Å². The van der Waals surface area contributed by atoms with Gasteiger partial charge in [-0.05, 0) is 45.7 Å². The van der Waals surface area contributed by atoms with Gasteiger partial charge in [-0.1, -0.05) is 13.3 Å². The van der Waals surface area contributed by atoms with E-state index in [4.69, 9.17) is 0 Å². The van der Waals surface area contributed by atoms with Crippen LogP contribution in [0.2, 0.25) is 0 Å². The van der Waals surface area contributed by atoms with E-state index in [1.54, 1.807) is 4.90 Å². The number of aliphatic hydroxyl groups is 1. The van der Waals surface area contributed by atoms with Crippen molar-refractivity contribution in [3.8, 4) is 0 Å². The summed E-state index contributed by atoms with van der Waals surface area (Å²) in [5.74, 6) is 0. The molecule has 2 N–H and O–H groups in total. The van der Waals surface area contributed by atoms with Crippen molar-refractivity contribution in [3.63, 3.8) is 0 Å². The van der Waals surface area contributed by atoms with Crippen LogP contribution in [0.3, 0.4) is 0 Å². The zero-order valence-electron chi connectivity index (χ0n) is 12.5. The number of halogens is 3. The Kier molecular flexibility index (Phi) is 6.75. The van der Waals surface area contributed by atoms with E-state index in [9.17, 15) is 18.3 Å². The third-order valence-corrected chi connectivity index (χ3v) is 3.82. The van der Waals surface area contributed by atoms with Crippen LogP contribution in [-0.4, -0.2) is 54.0 Å². The first-order chi connectivity index (χ1) is 9.29. The number of nitrogens with zero attached hydrogens (tertiary/aromatic N) is 1. The number of hydrogen-bond donors (Lipinski definition) is 2. The maximum atomic E-state index is 12.5. The van der Waals surface area contributed by atoms with Gasteiger partial charge in [-0.3, -0.25) is 4.90 Å². The molecule has 0 bridgehead atoms. The highest BCUT2D eigenvalue weighted by Gasteiger charge is 2.37. The number of alkyl halides is 3. The minimum Gasteiger partial charge on any atom is -0.394 e. The van der Waals surface area contributed by atoms with Crippen LogP contribution < -0.4 is 5.32 Å². The molecule has 0 spiro atoms. The van der Waals surface area contributed by atoms with Gasteiger partial charge < -0.3 is 10.4 Å². The van der Waals surface area contributed by atoms with Crippen molar-refractivity contribution in [1.82, 2.24) is 10.2 Å². The average molecular weight is 296 g/mol. The lowest BCUT2D eigenvalue weighted by Crippen LogP contribution is -2.45. The summed E-state index contributed by atoms with van der Waals surface area (Å²) in [6.07, 6.45) is 0.0240. The molecule has 0 aromatic rings. The quantitative estimate of drug-likeness (QED) is 0.608. The van der Waals surface area contributed by atoms with E-state index in [-0.39, 0.29) is 18.2 Å². The molecule has 0 aliphatic heterocycles. The largest absolute Gasteiger partial charge is 0.401 e. The average Bonchev–Trinajstić information content (AvgIpc) is 3.16. The molecule has 1 fully saturated rings. The predicted octanol–water partition coefficient (Wildman–Crippen LogP) is 2.54. The molecular weight excluding hydrogens is 269 g/mol. The second kappa shape index (κ2) is 7.61. The Bertz CT molecular complexity index is 282. The van der Waals surface area contributed by atoms with Gasteiger partial charge in [-0.25, -0.2) is 0 Å². The van der Waals surface area contributed by atoms with Gasteiger partial charge in [-0.2, -0.15) is 13.2 Å². The third kappa shape index (κ3) is 6.90. The van der Waals surface area contributed by atoms with Crippen LogP contribution in [0.25, 0.3) is 0 Å². The van der Waals surface area contributed by atoms with Crippen LogP contribution >= 0.6 is 0 Å². The molecule has 1 saturated carbocycles. The fourth-order valence-corrected chi connectivity index (χ4v) is 2.54. The van der Waals surface area contributed by atoms with Crippen molar-refractivity contribution in [2.24, 2.45) is 0 Å². The Hall–Kier alpha value is -0.330. The maximum Gasteiger partial charge on any atom is 0.401 e. The lowest BCUT2D eigenvalue weighted by molar-refractivity contribution is -0.147. The number of aliphatic hydroxyl groups excluding tert-OH is 1. The first-order valence-electron chi connectivity index (χ1n) is 7.46. The van der Waals surface area contributed by atoms with E-state index in [1.807, 2.05) is 13.8 Å². The molecule has 0 radical (unpaired) electrons. The summed E-state index contributed by atoms with van der Waals surface area (Å²) in [4.78, 5) is 1.56. The monoisotopic (exact) mass is 296 g/mol. The van der Waals surface area contributed by atoms with E-state index < -0.39 is 12.7 Å². The summed E-state index contributed by atoms with van der Waals surface area (Å²) in [6, 6.07) is 0.134. The summed E-state index contributed by atoms with van der Waals surface area (Å²) in [5, 5.41) is 12.6. The molecule has 0 saturated heterocycles. The number of rotatable bonds is 10. The minimum atomic E-state index is -4.11. The predicted molar refractivity (Wildman–Crippen MR) is 73.7 cm³/mol. The van der Waals surface area contributed by atoms with Crippen LogP contribution in [0.1, 0.15) is 46.0 Å². The van der Waals surface area contributed by atoms with E-state index in [0.29, 0.717) is 6.54 Å². The Labute approximate surface area is 119 Å². The van der Waals surface area contributed by atoms with Gasteiger partial charge in [-0.15, -0.1) is 0 Å². The van der Waals surface area contributed by atoms with Gasteiger partial charge in [0, 0.05) is 11.6 Å². The van der Waals surface area contributed by atoms with Crippen molar-refractivity contribution in [1.29, 1.82) is 0 Å². The molecule has 1 aliphatic rings. The molecular formula is C14H27F3N2O. The molecule has 0 aromatic heterocycles. The molecule has 0 amide bonds. The fourth-order valence-electron chi connectivity index (χ4n) is 2.54. The second-order valence-corrected chi connectivity index (χ2v) is 6.02. The molecule has 6 heteroatoms. The molecule has 1 aliphatic carbocycles. The third-order valence-electron chi connectivity index (χ3n) is 3.82. The summed E-state index contributed by atoms with van der Waals surface area (Å²) in [5.41, 5.74) is -0.316. The number of likely N-dealkylation sites (N-methyl/N-ethyl adjacent to an activating group) is 1. The number of hydrogen-bond acceptors (Lipinski definition) is 3. The minimum absolute atomic E-state index is 0.0513. The molecule has 0 heterocycles. The van der Waals surface area contributed by atoms with Gasteiger partial charge in [0.05, 0.1) is 13.2 Å². The molecule has 1 atom stereocenters. The van der Waals surface area contributed by atoms with Crippen molar-refractivity contribution in [3.05, 3.63) is 0 Å². The normalized spacial score (nSPS) is 19.4. The zero-order chi connectivity index (χ0) is 15.2. The summed E-state index contributed by atoms with van der Waals surface area (Å²) >= 11 is 0. The lowest BCUT2D eigenvalue weighted by Gasteiger charge is -2.29. The van der Waals surface area contributed by atoms with Gasteiger partial charge in [0.1, 0.15) is 0 Å². The lowest BCUT2D eigenvalue weighted by atomic mass is 9.95. The van der Waals surface area contributed by atoms with Crippen LogP contribution in [0.15, 0.2) is 0 Å². The summed E-state index contributed by atoms with van der Waals surface area (Å²) < 4.78 is 37.4. The second-order valence-electron chi connectivity index (χ2n) is 6.02. The fraction of sp³-hybridized carbons (Fsp3) is 1.00. The highest BCUT2D eigenvalue weighted by atomic mass is 19.4. The first-order valence-corrected chi connectivity index (χ1v) is 7.46. The van der Waals surface area contributed by atoms with Crippen LogP contribution in [-0.2, 0) is 0 Å². The maximum absolute atomic E-state index is 12.5. The number of nitrogens with one attached hydrogen (secondary N) is 1. The highest BCUT2D eigenvalue weighted by Crippen LogP contribution is 2.30. The summed E-state index contributed by atoms with van der Waals surface area (Å²) in [6.45, 7) is 4.46.